The van der Waals surface area contributed by atoms with E-state index in [1.165, 1.54) is 16.7 Å². The summed E-state index contributed by atoms with van der Waals surface area (Å²) in [6, 6.07) is 10.9. The fraction of sp³-hybridized carbons (Fsp3) is 0.421. The molecule has 2 heterocycles. The number of benzene rings is 1. The number of hydrazone groups is 1. The molecule has 1 fully saturated rings. The zero-order valence-electron chi connectivity index (χ0n) is 14.4. The Morgan fingerprint density at radius 1 is 1.17 bits per heavy atom. The van der Waals surface area contributed by atoms with Crippen LogP contribution in [0.15, 0.2) is 41.6 Å². The third-order valence-electron chi connectivity index (χ3n) is 4.72. The summed E-state index contributed by atoms with van der Waals surface area (Å²) in [5.41, 5.74) is 5.39. The Morgan fingerprint density at radius 2 is 1.96 bits per heavy atom. The molecule has 0 unspecified atom stereocenters. The first-order valence-electron chi connectivity index (χ1n) is 8.42. The zero-order chi connectivity index (χ0) is 16.2. The predicted octanol–water partition coefficient (Wildman–Crippen LogP) is 1.38. The number of aryl methyl sites for hydroxylation is 3. The lowest BCUT2D eigenvalue weighted by molar-refractivity contribution is -0.918. The van der Waals surface area contributed by atoms with Crippen molar-refractivity contribution in [2.24, 2.45) is 12.1 Å². The van der Waals surface area contributed by atoms with Gasteiger partial charge in [-0.2, -0.15) is 5.10 Å². The van der Waals surface area contributed by atoms with Crippen LogP contribution in [-0.2, 0) is 13.6 Å². The molecule has 0 saturated carbocycles. The predicted molar refractivity (Wildman–Crippen MR) is 94.9 cm³/mol. The first-order valence-corrected chi connectivity index (χ1v) is 8.42. The molecule has 1 N–H and O–H groups in total. The van der Waals surface area contributed by atoms with Gasteiger partial charge in [0.25, 0.3) is 0 Å². The minimum absolute atomic E-state index is 1.03. The van der Waals surface area contributed by atoms with Crippen molar-refractivity contribution in [2.45, 2.75) is 20.4 Å². The summed E-state index contributed by atoms with van der Waals surface area (Å²) in [6.07, 6.45) is 4.02. The molecule has 4 heteroatoms. The lowest BCUT2D eigenvalue weighted by Crippen LogP contribution is -3.13. The van der Waals surface area contributed by atoms with Crippen LogP contribution < -0.4 is 4.90 Å². The van der Waals surface area contributed by atoms with Crippen LogP contribution in [0.2, 0.25) is 0 Å². The van der Waals surface area contributed by atoms with Gasteiger partial charge in [-0.1, -0.05) is 23.8 Å². The van der Waals surface area contributed by atoms with E-state index in [0.717, 1.165) is 38.4 Å². The van der Waals surface area contributed by atoms with Gasteiger partial charge in [-0.25, -0.2) is 0 Å². The third-order valence-corrected chi connectivity index (χ3v) is 4.72. The minimum Gasteiger partial charge on any atom is -0.350 e. The van der Waals surface area contributed by atoms with Crippen LogP contribution in [0.25, 0.3) is 0 Å². The topological polar surface area (TPSA) is 25.0 Å². The lowest BCUT2D eigenvalue weighted by atomic mass is 10.1. The highest BCUT2D eigenvalue weighted by molar-refractivity contribution is 5.77. The molecule has 1 aliphatic rings. The van der Waals surface area contributed by atoms with Crippen molar-refractivity contribution in [1.82, 2.24) is 9.58 Å². The maximum absolute atomic E-state index is 4.63. The number of hydrogen-bond acceptors (Lipinski definition) is 2. The summed E-state index contributed by atoms with van der Waals surface area (Å²) in [7, 11) is 2.05. The maximum Gasteiger partial charge on any atom is 0.103 e. The molecule has 0 atom stereocenters. The summed E-state index contributed by atoms with van der Waals surface area (Å²) in [6.45, 7) is 9.87. The van der Waals surface area contributed by atoms with E-state index in [4.69, 9.17) is 0 Å². The average molecular weight is 311 g/mol. The van der Waals surface area contributed by atoms with Gasteiger partial charge in [0.15, 0.2) is 0 Å². The first kappa shape index (κ1) is 15.8. The van der Waals surface area contributed by atoms with E-state index in [-0.39, 0.29) is 0 Å². The van der Waals surface area contributed by atoms with Crippen LogP contribution in [0, 0.1) is 13.8 Å². The molecular formula is C19H27N4+. The molecule has 4 nitrogen and oxygen atoms in total. The van der Waals surface area contributed by atoms with Gasteiger partial charge in [-0.05, 0) is 31.5 Å². The van der Waals surface area contributed by atoms with E-state index < -0.39 is 0 Å². The Morgan fingerprint density at radius 3 is 2.61 bits per heavy atom. The van der Waals surface area contributed by atoms with Gasteiger partial charge in [0, 0.05) is 18.8 Å². The summed E-state index contributed by atoms with van der Waals surface area (Å²) < 4.78 is 2.09. The average Bonchev–Trinajstić information content (AvgIpc) is 2.95. The van der Waals surface area contributed by atoms with Crippen LogP contribution in [0.5, 0.6) is 0 Å². The van der Waals surface area contributed by atoms with Crippen molar-refractivity contribution < 1.29 is 4.90 Å². The van der Waals surface area contributed by atoms with Crippen LogP contribution >= 0.6 is 0 Å². The van der Waals surface area contributed by atoms with Gasteiger partial charge in [0.05, 0.1) is 38.1 Å². The van der Waals surface area contributed by atoms with Crippen LogP contribution in [-0.4, -0.2) is 42.0 Å². The molecule has 0 aliphatic carbocycles. The molecule has 1 saturated heterocycles. The zero-order valence-corrected chi connectivity index (χ0v) is 14.4. The molecule has 0 amide bonds. The smallest absolute Gasteiger partial charge is 0.103 e. The quantitative estimate of drug-likeness (QED) is 0.848. The molecule has 122 valence electrons. The number of rotatable bonds is 4. The van der Waals surface area contributed by atoms with E-state index >= 15 is 0 Å². The van der Waals surface area contributed by atoms with Gasteiger partial charge in [0.2, 0.25) is 0 Å². The fourth-order valence-corrected chi connectivity index (χ4v) is 3.17. The van der Waals surface area contributed by atoms with E-state index in [2.05, 4.69) is 52.8 Å². The standard InChI is InChI=1S/C19H26N4/c1-16-6-7-18(17(2)13-16)15-22-9-11-23(12-10-22)20-14-19-5-4-8-21(19)3/h4-8,13-14H,9-12,15H2,1-3H3/p+1/b20-14+. The Bertz CT molecular complexity index is 678. The molecule has 1 aliphatic heterocycles. The van der Waals surface area contributed by atoms with E-state index in [1.807, 2.05) is 25.5 Å². The highest BCUT2D eigenvalue weighted by atomic mass is 15.5. The Labute approximate surface area is 139 Å². The van der Waals surface area contributed by atoms with Crippen LogP contribution in [0.4, 0.5) is 0 Å². The largest absolute Gasteiger partial charge is 0.350 e. The van der Waals surface area contributed by atoms with Crippen molar-refractivity contribution in [1.29, 1.82) is 0 Å². The molecule has 3 rings (SSSR count). The molecule has 23 heavy (non-hydrogen) atoms. The van der Waals surface area contributed by atoms with Gasteiger partial charge in [0.1, 0.15) is 6.54 Å². The maximum atomic E-state index is 4.63. The van der Waals surface area contributed by atoms with Gasteiger partial charge in [-0.15, -0.1) is 0 Å². The number of piperazine rings is 1. The molecular weight excluding hydrogens is 284 g/mol. The minimum atomic E-state index is 1.03. The first-order chi connectivity index (χ1) is 11.1. The van der Waals surface area contributed by atoms with Crippen molar-refractivity contribution in [3.63, 3.8) is 0 Å². The Hall–Kier alpha value is -2.07. The van der Waals surface area contributed by atoms with E-state index in [0.29, 0.717) is 0 Å². The summed E-state index contributed by atoms with van der Waals surface area (Å²) in [5, 5.41) is 6.82. The highest BCUT2D eigenvalue weighted by Crippen LogP contribution is 2.09. The summed E-state index contributed by atoms with van der Waals surface area (Å²) in [4.78, 5) is 1.65. The second kappa shape index (κ2) is 7.01. The molecule has 1 aromatic carbocycles. The Kier molecular flexibility index (Phi) is 4.82. The second-order valence-corrected chi connectivity index (χ2v) is 6.60. The number of hydrogen-bond donors (Lipinski definition) is 1. The SMILES string of the molecule is Cc1ccc(C[NH+]2CCN(/N=C/c3cccn3C)CC2)c(C)c1. The van der Waals surface area contributed by atoms with E-state index in [1.54, 1.807) is 4.90 Å². The lowest BCUT2D eigenvalue weighted by Gasteiger charge is -2.30. The fourth-order valence-electron chi connectivity index (χ4n) is 3.17. The van der Waals surface area contributed by atoms with E-state index in [9.17, 15) is 0 Å². The number of aromatic nitrogens is 1. The van der Waals surface area contributed by atoms with Crippen molar-refractivity contribution in [3.8, 4) is 0 Å². The molecule has 0 radical (unpaired) electrons. The van der Waals surface area contributed by atoms with Crippen molar-refractivity contribution in [3.05, 3.63) is 58.9 Å². The number of nitrogens with one attached hydrogen (secondary N) is 1. The van der Waals surface area contributed by atoms with Gasteiger partial charge < -0.3 is 9.47 Å². The van der Waals surface area contributed by atoms with Gasteiger partial charge in [-0.3, -0.25) is 5.01 Å². The van der Waals surface area contributed by atoms with Crippen LogP contribution in [0.1, 0.15) is 22.4 Å². The second-order valence-electron chi connectivity index (χ2n) is 6.60. The van der Waals surface area contributed by atoms with Gasteiger partial charge >= 0.3 is 0 Å². The molecule has 1 aromatic heterocycles. The van der Waals surface area contributed by atoms with Crippen molar-refractivity contribution in [2.75, 3.05) is 26.2 Å². The number of quaternary nitrogens is 1. The number of nitrogens with zero attached hydrogens (tertiary/aromatic N) is 3. The van der Waals surface area contributed by atoms with Crippen molar-refractivity contribution >= 4 is 6.21 Å². The van der Waals surface area contributed by atoms with Crippen LogP contribution in [0.3, 0.4) is 0 Å². The molecule has 0 spiro atoms. The normalized spacial score (nSPS) is 16.4. The highest BCUT2D eigenvalue weighted by Gasteiger charge is 2.19. The monoisotopic (exact) mass is 311 g/mol. The Balaban J connectivity index is 1.52. The summed E-state index contributed by atoms with van der Waals surface area (Å²) >= 11 is 0. The molecule has 2 aromatic rings. The molecule has 0 bridgehead atoms. The third kappa shape index (κ3) is 4.02. The summed E-state index contributed by atoms with van der Waals surface area (Å²) in [5.74, 6) is 0.